The SMILES string of the molecule is Cc1ccc2c(c1)N1C=C(CSC1=NC(=O)NN(C)C(C)c1ccc(-c3ncn(-c4ccc(OC(F)(F)F)cc4)n3)cc1)C2C. The van der Waals surface area contributed by atoms with Crippen molar-refractivity contribution in [2.45, 2.75) is 39.1 Å². The van der Waals surface area contributed by atoms with Crippen LogP contribution in [0, 0.1) is 6.92 Å². The van der Waals surface area contributed by atoms with Crippen molar-refractivity contribution in [1.29, 1.82) is 0 Å². The maximum Gasteiger partial charge on any atom is 0.573 e. The first-order chi connectivity index (χ1) is 21.4. The Balaban J connectivity index is 1.10. The van der Waals surface area contributed by atoms with E-state index >= 15 is 0 Å². The summed E-state index contributed by atoms with van der Waals surface area (Å²) in [7, 11) is 1.79. The van der Waals surface area contributed by atoms with Crippen LogP contribution < -0.4 is 15.1 Å². The molecule has 0 aliphatic carbocycles. The zero-order chi connectivity index (χ0) is 31.9. The van der Waals surface area contributed by atoms with Crippen LogP contribution in [0.3, 0.4) is 0 Å². The van der Waals surface area contributed by atoms with Crippen LogP contribution in [0.15, 0.2) is 89.8 Å². The molecule has 3 aromatic carbocycles. The van der Waals surface area contributed by atoms with E-state index < -0.39 is 12.4 Å². The van der Waals surface area contributed by atoms with E-state index in [4.69, 9.17) is 0 Å². The molecule has 0 saturated carbocycles. The summed E-state index contributed by atoms with van der Waals surface area (Å²) >= 11 is 1.56. The van der Waals surface area contributed by atoms with Crippen LogP contribution in [0.5, 0.6) is 5.75 Å². The highest BCUT2D eigenvalue weighted by molar-refractivity contribution is 8.14. The van der Waals surface area contributed by atoms with E-state index in [1.807, 2.05) is 36.1 Å². The van der Waals surface area contributed by atoms with E-state index in [0.717, 1.165) is 28.1 Å². The second kappa shape index (κ2) is 12.1. The molecule has 3 heterocycles. The van der Waals surface area contributed by atoms with Gasteiger partial charge in [0.2, 0.25) is 0 Å². The summed E-state index contributed by atoms with van der Waals surface area (Å²) in [6.07, 6.45) is -1.16. The molecule has 232 valence electrons. The summed E-state index contributed by atoms with van der Waals surface area (Å²) in [6.45, 7) is 6.23. The van der Waals surface area contributed by atoms with Gasteiger partial charge in [-0.3, -0.25) is 10.3 Å². The maximum atomic E-state index is 13.0. The number of urea groups is 1. The number of nitrogens with one attached hydrogen (secondary N) is 1. The Hall–Kier alpha value is -4.62. The van der Waals surface area contributed by atoms with Crippen molar-refractivity contribution in [2.75, 3.05) is 17.7 Å². The number of rotatable bonds is 6. The average Bonchev–Trinajstić information content (AvgIpc) is 3.50. The summed E-state index contributed by atoms with van der Waals surface area (Å²) in [5, 5.41) is 6.81. The number of amides is 2. The number of aliphatic imine (C=N–C) groups is 1. The van der Waals surface area contributed by atoms with Crippen LogP contribution in [0.2, 0.25) is 0 Å². The fraction of sp³-hybridized carbons (Fsp3) is 0.250. The number of thioether (sulfide) groups is 1. The largest absolute Gasteiger partial charge is 0.573 e. The van der Waals surface area contributed by atoms with Crippen molar-refractivity contribution >= 4 is 28.6 Å². The summed E-state index contributed by atoms with van der Waals surface area (Å²) in [4.78, 5) is 23.8. The van der Waals surface area contributed by atoms with Gasteiger partial charge in [0.15, 0.2) is 11.0 Å². The Kier molecular flexibility index (Phi) is 8.14. The molecule has 13 heteroatoms. The molecule has 2 aliphatic heterocycles. The summed E-state index contributed by atoms with van der Waals surface area (Å²) in [6, 6.07) is 18.7. The van der Waals surface area contributed by atoms with Crippen LogP contribution in [0.1, 0.15) is 42.5 Å². The molecule has 2 amide bonds. The number of carbonyl (C=O) groups is 1. The minimum atomic E-state index is -4.75. The normalized spacial score (nSPS) is 17.6. The van der Waals surface area contributed by atoms with E-state index in [9.17, 15) is 18.0 Å². The van der Waals surface area contributed by atoms with E-state index in [1.54, 1.807) is 23.8 Å². The Labute approximate surface area is 262 Å². The molecule has 9 nitrogen and oxygen atoms in total. The van der Waals surface area contributed by atoms with Gasteiger partial charge in [-0.25, -0.2) is 19.5 Å². The number of alkyl halides is 3. The molecule has 2 unspecified atom stereocenters. The number of hydrogen-bond acceptors (Lipinski definition) is 6. The number of aromatic nitrogens is 3. The lowest BCUT2D eigenvalue weighted by atomic mass is 9.89. The highest BCUT2D eigenvalue weighted by Gasteiger charge is 2.32. The topological polar surface area (TPSA) is 87.9 Å². The fourth-order valence-electron chi connectivity index (χ4n) is 5.21. The van der Waals surface area contributed by atoms with E-state index in [2.05, 4.69) is 63.5 Å². The lowest BCUT2D eigenvalue weighted by Crippen LogP contribution is -2.41. The zero-order valence-corrected chi connectivity index (χ0v) is 25.7. The van der Waals surface area contributed by atoms with Crippen molar-refractivity contribution in [1.82, 2.24) is 25.2 Å². The summed E-state index contributed by atoms with van der Waals surface area (Å²) < 4.78 is 42.7. The lowest BCUT2D eigenvalue weighted by Gasteiger charge is -2.37. The van der Waals surface area contributed by atoms with Crippen LogP contribution >= 0.6 is 11.8 Å². The Morgan fingerprint density at radius 3 is 2.58 bits per heavy atom. The number of anilines is 1. The molecule has 0 spiro atoms. The van der Waals surface area contributed by atoms with Crippen LogP contribution in [0.25, 0.3) is 17.1 Å². The monoisotopic (exact) mass is 633 g/mol. The highest BCUT2D eigenvalue weighted by Crippen LogP contribution is 2.43. The van der Waals surface area contributed by atoms with E-state index in [0.29, 0.717) is 22.6 Å². The number of carbonyl (C=O) groups excluding carboxylic acids is 1. The van der Waals surface area contributed by atoms with Gasteiger partial charge in [0.05, 0.1) is 17.4 Å². The van der Waals surface area contributed by atoms with Crippen LogP contribution in [-0.4, -0.2) is 50.1 Å². The number of aryl methyl sites for hydroxylation is 1. The minimum Gasteiger partial charge on any atom is -0.406 e. The second-order valence-electron chi connectivity index (χ2n) is 10.9. The first kappa shape index (κ1) is 30.4. The third-order valence-electron chi connectivity index (χ3n) is 7.87. The Morgan fingerprint density at radius 2 is 1.87 bits per heavy atom. The molecule has 1 N–H and O–H groups in total. The van der Waals surface area contributed by atoms with E-state index in [-0.39, 0.29) is 11.8 Å². The van der Waals surface area contributed by atoms with Gasteiger partial charge < -0.3 is 4.74 Å². The molecular weight excluding hydrogens is 603 g/mol. The average molecular weight is 634 g/mol. The molecule has 0 saturated heterocycles. The summed E-state index contributed by atoms with van der Waals surface area (Å²) in [5.41, 5.74) is 9.85. The molecule has 1 aromatic heterocycles. The molecule has 6 rings (SSSR count). The lowest BCUT2D eigenvalue weighted by molar-refractivity contribution is -0.274. The van der Waals surface area contributed by atoms with Crippen molar-refractivity contribution in [2.24, 2.45) is 4.99 Å². The van der Waals surface area contributed by atoms with Gasteiger partial charge in [-0.05, 0) is 66.4 Å². The van der Waals surface area contributed by atoms with Gasteiger partial charge in [0.1, 0.15) is 12.1 Å². The molecule has 2 atom stereocenters. The Bertz CT molecular complexity index is 1790. The van der Waals surface area contributed by atoms with Crippen molar-refractivity contribution in [3.8, 4) is 22.8 Å². The number of amidine groups is 1. The van der Waals surface area contributed by atoms with Gasteiger partial charge >= 0.3 is 12.4 Å². The molecule has 45 heavy (non-hydrogen) atoms. The second-order valence-corrected chi connectivity index (χ2v) is 11.9. The van der Waals surface area contributed by atoms with Gasteiger partial charge in [-0.1, -0.05) is 55.1 Å². The van der Waals surface area contributed by atoms with Gasteiger partial charge in [0.25, 0.3) is 0 Å². The number of nitrogens with zero attached hydrogens (tertiary/aromatic N) is 6. The quantitative estimate of drug-likeness (QED) is 0.222. The third-order valence-corrected chi connectivity index (χ3v) is 8.89. The molecule has 0 radical (unpaired) electrons. The van der Waals surface area contributed by atoms with Gasteiger partial charge in [-0.2, -0.15) is 4.99 Å². The minimum absolute atomic E-state index is 0.170. The molecule has 2 bridgehead atoms. The van der Waals surface area contributed by atoms with Crippen molar-refractivity contribution < 1.29 is 22.7 Å². The van der Waals surface area contributed by atoms with Gasteiger partial charge in [-0.15, -0.1) is 18.3 Å². The van der Waals surface area contributed by atoms with Crippen molar-refractivity contribution in [3.63, 3.8) is 0 Å². The number of benzene rings is 3. The van der Waals surface area contributed by atoms with Crippen LogP contribution in [0.4, 0.5) is 23.7 Å². The number of hydrogen-bond donors (Lipinski definition) is 1. The fourth-order valence-corrected chi connectivity index (χ4v) is 6.27. The predicted octanol–water partition coefficient (Wildman–Crippen LogP) is 7.37. The maximum absolute atomic E-state index is 13.0. The zero-order valence-electron chi connectivity index (χ0n) is 24.9. The number of hydrazine groups is 1. The standard InChI is InChI=1S/C32H30F3N7O2S/c1-19-5-14-27-20(2)24-16-41(28(27)15-19)31(45-17-24)37-30(43)39-40(4)21(3)22-6-8-23(9-7-22)29-36-18-42(38-29)25-10-12-26(13-11-25)44-32(33,34)35/h5-16,18,20-21H,17H2,1-4H3,(H,39,43). The van der Waals surface area contributed by atoms with Crippen LogP contribution in [-0.2, 0) is 0 Å². The Morgan fingerprint density at radius 1 is 1.13 bits per heavy atom. The number of halogens is 3. The highest BCUT2D eigenvalue weighted by atomic mass is 32.2. The van der Waals surface area contributed by atoms with E-state index in [1.165, 1.54) is 46.4 Å². The molecule has 2 aliphatic rings. The molecule has 0 fully saturated rings. The molecular formula is C32H30F3N7O2S. The predicted molar refractivity (Wildman–Crippen MR) is 168 cm³/mol. The smallest absolute Gasteiger partial charge is 0.406 e. The number of fused-ring (bicyclic) bond motifs is 3. The first-order valence-electron chi connectivity index (χ1n) is 14.2. The van der Waals surface area contributed by atoms with Gasteiger partial charge in [0, 0.05) is 30.5 Å². The third kappa shape index (κ3) is 6.59. The van der Waals surface area contributed by atoms with Crippen molar-refractivity contribution in [3.05, 3.63) is 102 Å². The number of ether oxygens (including phenoxy) is 1. The summed E-state index contributed by atoms with van der Waals surface area (Å²) in [5.74, 6) is 1.25. The molecule has 4 aromatic rings. The first-order valence-corrected chi connectivity index (χ1v) is 15.2.